The highest BCUT2D eigenvalue weighted by molar-refractivity contribution is 7.80. The van der Waals surface area contributed by atoms with Gasteiger partial charge in [-0.15, -0.1) is 0 Å². The number of nitrogens with two attached hydrogens (primary N) is 1. The van der Waals surface area contributed by atoms with Crippen LogP contribution in [0.5, 0.6) is 0 Å². The van der Waals surface area contributed by atoms with E-state index in [4.69, 9.17) is 41.2 Å². The number of anilines is 1. The van der Waals surface area contributed by atoms with Gasteiger partial charge < -0.3 is 11.1 Å². The van der Waals surface area contributed by atoms with Crippen molar-refractivity contribution in [3.8, 4) is 0 Å². The fourth-order valence-electron chi connectivity index (χ4n) is 1.52. The molecule has 0 unspecified atom stereocenters. The summed E-state index contributed by atoms with van der Waals surface area (Å²) in [6.45, 7) is 0. The lowest BCUT2D eigenvalue weighted by Gasteiger charge is -2.09. The van der Waals surface area contributed by atoms with Crippen LogP contribution >= 0.6 is 35.4 Å². The van der Waals surface area contributed by atoms with E-state index in [1.165, 1.54) is 18.5 Å². The molecule has 1 aromatic carbocycles. The van der Waals surface area contributed by atoms with Gasteiger partial charge in [0.25, 0.3) is 5.91 Å². The number of carbonyl (C=O) groups excluding carboxylic acids is 1. The van der Waals surface area contributed by atoms with Gasteiger partial charge in [0.15, 0.2) is 0 Å². The third-order valence-electron chi connectivity index (χ3n) is 2.52. The van der Waals surface area contributed by atoms with Crippen molar-refractivity contribution in [1.82, 2.24) is 4.98 Å². The number of benzene rings is 1. The lowest BCUT2D eigenvalue weighted by molar-refractivity contribution is 0.102. The van der Waals surface area contributed by atoms with Gasteiger partial charge in [-0.1, -0.05) is 35.4 Å². The van der Waals surface area contributed by atoms with Gasteiger partial charge in [-0.25, -0.2) is 0 Å². The molecule has 0 atom stereocenters. The number of nitrogens with zero attached hydrogens (tertiary/aromatic N) is 1. The number of hydrogen-bond donors (Lipinski definition) is 2. The molecule has 0 saturated carbocycles. The number of aromatic nitrogens is 1. The summed E-state index contributed by atoms with van der Waals surface area (Å²) in [6, 6.07) is 6.42. The normalized spacial score (nSPS) is 10.1. The van der Waals surface area contributed by atoms with Gasteiger partial charge in [-0.2, -0.15) is 0 Å². The van der Waals surface area contributed by atoms with Crippen LogP contribution in [-0.2, 0) is 0 Å². The molecule has 0 aliphatic heterocycles. The van der Waals surface area contributed by atoms with E-state index in [0.29, 0.717) is 21.8 Å². The molecule has 0 fully saturated rings. The second-order valence-electron chi connectivity index (χ2n) is 3.87. The number of hydrogen-bond acceptors (Lipinski definition) is 3. The molecular formula is C13H9Cl2N3OS. The van der Waals surface area contributed by atoms with E-state index in [0.717, 1.165) is 0 Å². The van der Waals surface area contributed by atoms with Crippen LogP contribution in [0.15, 0.2) is 36.7 Å². The van der Waals surface area contributed by atoms with Crippen molar-refractivity contribution in [3.63, 3.8) is 0 Å². The molecule has 1 amide bonds. The summed E-state index contributed by atoms with van der Waals surface area (Å²) in [5, 5.41) is 3.27. The standard InChI is InChI=1S/C13H9Cl2N3OS/c14-9-5-7(12(16)20)1-2-11(9)18-13(19)8-3-4-17-6-10(8)15/h1-6H,(H2,16,20)(H,18,19). The Kier molecular flexibility index (Phi) is 4.54. The molecule has 20 heavy (non-hydrogen) atoms. The second kappa shape index (κ2) is 6.17. The van der Waals surface area contributed by atoms with Crippen molar-refractivity contribution in [2.45, 2.75) is 0 Å². The molecular weight excluding hydrogens is 317 g/mol. The van der Waals surface area contributed by atoms with Crippen molar-refractivity contribution in [2.75, 3.05) is 5.32 Å². The molecule has 4 nitrogen and oxygen atoms in total. The van der Waals surface area contributed by atoms with E-state index in [-0.39, 0.29) is 15.9 Å². The van der Waals surface area contributed by atoms with E-state index in [9.17, 15) is 4.79 Å². The topological polar surface area (TPSA) is 68.0 Å². The lowest BCUT2D eigenvalue weighted by Crippen LogP contribution is -2.14. The Bertz CT molecular complexity index is 691. The largest absolute Gasteiger partial charge is 0.389 e. The van der Waals surface area contributed by atoms with Gasteiger partial charge in [-0.05, 0) is 24.3 Å². The minimum absolute atomic E-state index is 0.238. The maximum absolute atomic E-state index is 12.1. The molecule has 0 radical (unpaired) electrons. The first-order valence-electron chi connectivity index (χ1n) is 5.49. The Labute approximate surface area is 130 Å². The summed E-state index contributed by atoms with van der Waals surface area (Å²) in [5.74, 6) is -0.373. The van der Waals surface area contributed by atoms with Crippen LogP contribution in [-0.4, -0.2) is 15.9 Å². The quantitative estimate of drug-likeness (QED) is 0.850. The van der Waals surface area contributed by atoms with Crippen LogP contribution in [0.1, 0.15) is 15.9 Å². The Morgan fingerprint density at radius 3 is 2.60 bits per heavy atom. The molecule has 1 heterocycles. The smallest absolute Gasteiger partial charge is 0.257 e. The van der Waals surface area contributed by atoms with Crippen molar-refractivity contribution in [2.24, 2.45) is 5.73 Å². The number of nitrogens with one attached hydrogen (secondary N) is 1. The first-order valence-corrected chi connectivity index (χ1v) is 6.65. The van der Waals surface area contributed by atoms with Crippen LogP contribution in [0.4, 0.5) is 5.69 Å². The highest BCUT2D eigenvalue weighted by atomic mass is 35.5. The summed E-state index contributed by atoms with van der Waals surface area (Å²) < 4.78 is 0. The fraction of sp³-hybridized carbons (Fsp3) is 0. The van der Waals surface area contributed by atoms with E-state index in [1.54, 1.807) is 18.2 Å². The monoisotopic (exact) mass is 325 g/mol. The van der Waals surface area contributed by atoms with E-state index >= 15 is 0 Å². The van der Waals surface area contributed by atoms with Crippen LogP contribution in [0, 0.1) is 0 Å². The average molecular weight is 326 g/mol. The number of rotatable bonds is 3. The average Bonchev–Trinajstić information content (AvgIpc) is 2.41. The first-order chi connectivity index (χ1) is 9.49. The van der Waals surface area contributed by atoms with E-state index in [1.807, 2.05) is 0 Å². The van der Waals surface area contributed by atoms with Gasteiger partial charge in [0.2, 0.25) is 0 Å². The molecule has 0 aliphatic carbocycles. The minimum atomic E-state index is -0.373. The Morgan fingerprint density at radius 2 is 2.00 bits per heavy atom. The van der Waals surface area contributed by atoms with Crippen molar-refractivity contribution in [3.05, 3.63) is 57.8 Å². The Hall–Kier alpha value is -1.69. The van der Waals surface area contributed by atoms with Crippen LogP contribution in [0.25, 0.3) is 0 Å². The predicted octanol–water partition coefficient (Wildman–Crippen LogP) is 3.27. The van der Waals surface area contributed by atoms with Crippen LogP contribution in [0.3, 0.4) is 0 Å². The summed E-state index contributed by atoms with van der Waals surface area (Å²) in [4.78, 5) is 16.1. The summed E-state index contributed by atoms with van der Waals surface area (Å²) in [6.07, 6.45) is 2.88. The van der Waals surface area contributed by atoms with Crippen molar-refractivity contribution < 1.29 is 4.79 Å². The van der Waals surface area contributed by atoms with E-state index in [2.05, 4.69) is 10.3 Å². The number of thiocarbonyl (C=S) groups is 1. The van der Waals surface area contributed by atoms with Gasteiger partial charge in [0.1, 0.15) is 4.99 Å². The first kappa shape index (κ1) is 14.7. The Balaban J connectivity index is 2.25. The SMILES string of the molecule is NC(=S)c1ccc(NC(=O)c2ccncc2Cl)c(Cl)c1. The lowest BCUT2D eigenvalue weighted by atomic mass is 10.2. The Morgan fingerprint density at radius 1 is 1.25 bits per heavy atom. The number of halogens is 2. The van der Waals surface area contributed by atoms with Gasteiger partial charge in [0.05, 0.1) is 21.3 Å². The maximum Gasteiger partial charge on any atom is 0.257 e. The summed E-state index contributed by atoms with van der Waals surface area (Å²) in [5.41, 5.74) is 6.90. The van der Waals surface area contributed by atoms with E-state index < -0.39 is 0 Å². The third kappa shape index (κ3) is 3.25. The zero-order chi connectivity index (χ0) is 14.7. The molecule has 2 rings (SSSR count). The molecule has 1 aromatic heterocycles. The molecule has 0 aliphatic rings. The van der Waals surface area contributed by atoms with Crippen LogP contribution in [0.2, 0.25) is 10.0 Å². The second-order valence-corrected chi connectivity index (χ2v) is 5.12. The zero-order valence-electron chi connectivity index (χ0n) is 10.1. The highest BCUT2D eigenvalue weighted by Crippen LogP contribution is 2.24. The third-order valence-corrected chi connectivity index (χ3v) is 3.37. The summed E-state index contributed by atoms with van der Waals surface area (Å²) in [7, 11) is 0. The molecule has 0 spiro atoms. The minimum Gasteiger partial charge on any atom is -0.389 e. The number of carbonyl (C=O) groups is 1. The highest BCUT2D eigenvalue weighted by Gasteiger charge is 2.12. The van der Waals surface area contributed by atoms with Crippen molar-refractivity contribution in [1.29, 1.82) is 0 Å². The molecule has 102 valence electrons. The van der Waals surface area contributed by atoms with Crippen molar-refractivity contribution >= 4 is 52.0 Å². The molecule has 0 saturated heterocycles. The zero-order valence-corrected chi connectivity index (χ0v) is 12.4. The molecule has 3 N–H and O–H groups in total. The number of pyridine rings is 1. The van der Waals surface area contributed by atoms with Gasteiger partial charge >= 0.3 is 0 Å². The maximum atomic E-state index is 12.1. The van der Waals surface area contributed by atoms with Gasteiger partial charge in [-0.3, -0.25) is 9.78 Å². The number of amides is 1. The summed E-state index contributed by atoms with van der Waals surface area (Å²) >= 11 is 16.8. The molecule has 2 aromatic rings. The fourth-order valence-corrected chi connectivity index (χ4v) is 2.08. The molecule has 7 heteroatoms. The van der Waals surface area contributed by atoms with Gasteiger partial charge in [0, 0.05) is 18.0 Å². The predicted molar refractivity (Wildman–Crippen MR) is 84.5 cm³/mol. The molecule has 0 bridgehead atoms. The van der Waals surface area contributed by atoms with Crippen LogP contribution < -0.4 is 11.1 Å².